The van der Waals surface area contributed by atoms with Gasteiger partial charge in [0.15, 0.2) is 0 Å². The second kappa shape index (κ2) is 7.31. The van der Waals surface area contributed by atoms with Crippen molar-refractivity contribution in [2.24, 2.45) is 5.92 Å². The number of carbonyl (C=O) groups excluding carboxylic acids is 2. The first-order chi connectivity index (χ1) is 10.1. The Balaban J connectivity index is 1.94. The third-order valence-electron chi connectivity index (χ3n) is 3.40. The normalized spacial score (nSPS) is 18.2. The lowest BCUT2D eigenvalue weighted by Gasteiger charge is -2.31. The molecule has 1 atom stereocenters. The highest BCUT2D eigenvalue weighted by Crippen LogP contribution is 2.20. The van der Waals surface area contributed by atoms with Gasteiger partial charge in [0, 0.05) is 23.8 Å². The Bertz CT molecular complexity index is 521. The number of esters is 1. The van der Waals surface area contributed by atoms with Gasteiger partial charge in [-0.05, 0) is 38.0 Å². The fraction of sp³-hybridized carbons (Fsp3) is 0.467. The van der Waals surface area contributed by atoms with E-state index in [4.69, 9.17) is 16.3 Å². The van der Waals surface area contributed by atoms with Crippen molar-refractivity contribution in [3.05, 3.63) is 29.3 Å². The molecule has 0 unspecified atom stereocenters. The Kier molecular flexibility index (Phi) is 5.44. The average Bonchev–Trinajstić information content (AvgIpc) is 2.47. The minimum absolute atomic E-state index is 0.216. The zero-order chi connectivity index (χ0) is 15.2. The summed E-state index contributed by atoms with van der Waals surface area (Å²) in [5.41, 5.74) is 0.644. The van der Waals surface area contributed by atoms with Crippen LogP contribution < -0.4 is 5.32 Å². The van der Waals surface area contributed by atoms with Crippen molar-refractivity contribution in [2.45, 2.75) is 19.8 Å². The molecule has 1 aliphatic heterocycles. The van der Waals surface area contributed by atoms with Gasteiger partial charge in [-0.25, -0.2) is 4.79 Å². The Hall–Kier alpha value is -1.75. The molecule has 114 valence electrons. The quantitative estimate of drug-likeness (QED) is 0.873. The molecule has 0 spiro atoms. The number of hydrogen-bond donors (Lipinski definition) is 1. The minimum Gasteiger partial charge on any atom is -0.466 e. The topological polar surface area (TPSA) is 58.6 Å². The monoisotopic (exact) mass is 310 g/mol. The molecule has 1 fully saturated rings. The second-order valence-electron chi connectivity index (χ2n) is 4.98. The van der Waals surface area contributed by atoms with Crippen molar-refractivity contribution in [3.63, 3.8) is 0 Å². The van der Waals surface area contributed by atoms with Crippen molar-refractivity contribution in [1.82, 2.24) is 4.90 Å². The molecule has 0 saturated carbocycles. The van der Waals surface area contributed by atoms with Crippen molar-refractivity contribution in [1.29, 1.82) is 0 Å². The first-order valence-corrected chi connectivity index (χ1v) is 7.46. The van der Waals surface area contributed by atoms with E-state index in [0.717, 1.165) is 12.8 Å². The highest BCUT2D eigenvalue weighted by molar-refractivity contribution is 6.30. The number of nitrogens with one attached hydrogen (secondary N) is 1. The number of piperidine rings is 1. The molecule has 1 aromatic carbocycles. The smallest absolute Gasteiger partial charge is 0.321 e. The number of amides is 2. The molecule has 6 heteroatoms. The van der Waals surface area contributed by atoms with Crippen molar-refractivity contribution < 1.29 is 14.3 Å². The van der Waals surface area contributed by atoms with Gasteiger partial charge in [0.2, 0.25) is 0 Å². The summed E-state index contributed by atoms with van der Waals surface area (Å²) < 4.78 is 5.03. The van der Waals surface area contributed by atoms with Gasteiger partial charge >= 0.3 is 12.0 Å². The molecule has 1 aromatic rings. The van der Waals surface area contributed by atoms with Crippen LogP contribution in [0.2, 0.25) is 5.02 Å². The maximum absolute atomic E-state index is 12.2. The van der Waals surface area contributed by atoms with Gasteiger partial charge in [-0.1, -0.05) is 17.7 Å². The van der Waals surface area contributed by atoms with E-state index in [0.29, 0.717) is 30.4 Å². The number of ether oxygens (including phenoxy) is 1. The van der Waals surface area contributed by atoms with Gasteiger partial charge in [0.1, 0.15) is 0 Å². The fourth-order valence-corrected chi connectivity index (χ4v) is 2.57. The highest BCUT2D eigenvalue weighted by atomic mass is 35.5. The lowest BCUT2D eigenvalue weighted by molar-refractivity contribution is -0.149. The van der Waals surface area contributed by atoms with Crippen molar-refractivity contribution >= 4 is 29.3 Å². The average molecular weight is 311 g/mol. The summed E-state index contributed by atoms with van der Waals surface area (Å²) in [6.07, 6.45) is 1.56. The van der Waals surface area contributed by atoms with Crippen LogP contribution >= 0.6 is 11.6 Å². The van der Waals surface area contributed by atoms with Crippen molar-refractivity contribution in [3.8, 4) is 0 Å². The number of carbonyl (C=O) groups is 2. The first kappa shape index (κ1) is 15.6. The van der Waals surface area contributed by atoms with Gasteiger partial charge < -0.3 is 15.0 Å². The molecule has 2 rings (SSSR count). The molecule has 0 aliphatic carbocycles. The molecular formula is C15H19ClN2O3. The molecule has 1 heterocycles. The number of rotatable bonds is 3. The molecule has 1 N–H and O–H groups in total. The molecule has 21 heavy (non-hydrogen) atoms. The number of likely N-dealkylation sites (tertiary alicyclic amines) is 1. The molecule has 1 saturated heterocycles. The summed E-state index contributed by atoms with van der Waals surface area (Å²) in [6.45, 7) is 3.18. The molecule has 0 aromatic heterocycles. The van der Waals surface area contributed by atoms with Crippen LogP contribution in [0.3, 0.4) is 0 Å². The Labute approximate surface area is 129 Å². The largest absolute Gasteiger partial charge is 0.466 e. The summed E-state index contributed by atoms with van der Waals surface area (Å²) in [4.78, 5) is 25.6. The molecule has 5 nitrogen and oxygen atoms in total. The van der Waals surface area contributed by atoms with E-state index in [2.05, 4.69) is 5.32 Å². The predicted octanol–water partition coefficient (Wildman–Crippen LogP) is 3.15. The number of urea groups is 1. The van der Waals surface area contributed by atoms with Gasteiger partial charge in [-0.2, -0.15) is 0 Å². The van der Waals surface area contributed by atoms with E-state index in [1.165, 1.54) is 0 Å². The summed E-state index contributed by atoms with van der Waals surface area (Å²) >= 11 is 5.89. The molecular weight excluding hydrogens is 292 g/mol. The fourth-order valence-electron chi connectivity index (χ4n) is 2.38. The van der Waals surface area contributed by atoms with Crippen LogP contribution in [0.5, 0.6) is 0 Å². The van der Waals surface area contributed by atoms with E-state index in [9.17, 15) is 9.59 Å². The van der Waals surface area contributed by atoms with Gasteiger partial charge in [0.05, 0.1) is 12.5 Å². The van der Waals surface area contributed by atoms with Gasteiger partial charge in [-0.15, -0.1) is 0 Å². The predicted molar refractivity (Wildman–Crippen MR) is 81.4 cm³/mol. The SMILES string of the molecule is CCOC(=O)[C@H]1CCCN(C(=O)Nc2cccc(Cl)c2)C1. The molecule has 0 radical (unpaired) electrons. The molecule has 2 amide bonds. The Morgan fingerprint density at radius 2 is 2.29 bits per heavy atom. The van der Waals surface area contributed by atoms with Crippen LogP contribution in [0.25, 0.3) is 0 Å². The molecule has 1 aliphatic rings. The van der Waals surface area contributed by atoms with Gasteiger partial charge in [0.25, 0.3) is 0 Å². The van der Waals surface area contributed by atoms with E-state index in [-0.39, 0.29) is 17.9 Å². The summed E-state index contributed by atoms with van der Waals surface area (Å²) in [5.74, 6) is -0.457. The standard InChI is InChI=1S/C15H19ClN2O3/c1-2-21-14(19)11-5-4-8-18(10-11)15(20)17-13-7-3-6-12(16)9-13/h3,6-7,9,11H,2,4-5,8,10H2,1H3,(H,17,20)/t11-/m0/s1. The number of anilines is 1. The van der Waals surface area contributed by atoms with Crippen LogP contribution in [0.15, 0.2) is 24.3 Å². The zero-order valence-corrected chi connectivity index (χ0v) is 12.7. The van der Waals surface area contributed by atoms with Crippen LogP contribution in [-0.2, 0) is 9.53 Å². The second-order valence-corrected chi connectivity index (χ2v) is 5.41. The van der Waals surface area contributed by atoms with E-state index < -0.39 is 0 Å². The lowest BCUT2D eigenvalue weighted by atomic mass is 9.98. The van der Waals surface area contributed by atoms with Crippen LogP contribution in [0.4, 0.5) is 10.5 Å². The van der Waals surface area contributed by atoms with Crippen molar-refractivity contribution in [2.75, 3.05) is 25.0 Å². The maximum Gasteiger partial charge on any atom is 0.321 e. The Morgan fingerprint density at radius 1 is 1.48 bits per heavy atom. The van der Waals surface area contributed by atoms with Gasteiger partial charge in [-0.3, -0.25) is 4.79 Å². The Morgan fingerprint density at radius 3 is 3.00 bits per heavy atom. The number of halogens is 1. The third kappa shape index (κ3) is 4.36. The zero-order valence-electron chi connectivity index (χ0n) is 12.0. The van der Waals surface area contributed by atoms with Crippen LogP contribution in [-0.4, -0.2) is 36.6 Å². The number of nitrogens with zero attached hydrogens (tertiary/aromatic N) is 1. The minimum atomic E-state index is -0.233. The highest BCUT2D eigenvalue weighted by Gasteiger charge is 2.29. The van der Waals surface area contributed by atoms with E-state index in [1.54, 1.807) is 36.1 Å². The lowest BCUT2D eigenvalue weighted by Crippen LogP contribution is -2.44. The summed E-state index contributed by atoms with van der Waals surface area (Å²) in [7, 11) is 0. The molecule has 0 bridgehead atoms. The maximum atomic E-state index is 12.2. The number of benzene rings is 1. The van der Waals surface area contributed by atoms with Crippen LogP contribution in [0, 0.1) is 5.92 Å². The first-order valence-electron chi connectivity index (χ1n) is 7.08. The summed E-state index contributed by atoms with van der Waals surface area (Å²) in [6, 6.07) is 6.76. The third-order valence-corrected chi connectivity index (χ3v) is 3.64. The summed E-state index contributed by atoms with van der Waals surface area (Å²) in [5, 5.41) is 3.36. The number of hydrogen-bond acceptors (Lipinski definition) is 3. The van der Waals surface area contributed by atoms with E-state index in [1.807, 2.05) is 0 Å². The van der Waals surface area contributed by atoms with Crippen LogP contribution in [0.1, 0.15) is 19.8 Å². The van der Waals surface area contributed by atoms with E-state index >= 15 is 0 Å².